The third kappa shape index (κ3) is 2.25. The van der Waals surface area contributed by atoms with E-state index in [4.69, 9.17) is 0 Å². The zero-order chi connectivity index (χ0) is 17.0. The van der Waals surface area contributed by atoms with Gasteiger partial charge in [0.15, 0.2) is 0 Å². The van der Waals surface area contributed by atoms with Crippen LogP contribution >= 0.6 is 11.3 Å². The highest BCUT2D eigenvalue weighted by molar-refractivity contribution is 7.16. The molecule has 2 aromatic carbocycles. The van der Waals surface area contributed by atoms with Crippen LogP contribution in [-0.2, 0) is 0 Å². The molecule has 0 saturated carbocycles. The average Bonchev–Trinajstić information content (AvgIpc) is 3.17. The second-order valence-electron chi connectivity index (χ2n) is 6.42. The van der Waals surface area contributed by atoms with E-state index < -0.39 is 0 Å². The predicted molar refractivity (Wildman–Crippen MR) is 99.0 cm³/mol. The van der Waals surface area contributed by atoms with E-state index in [1.807, 2.05) is 53.7 Å². The first kappa shape index (κ1) is 14.6. The van der Waals surface area contributed by atoms with Crippen molar-refractivity contribution in [2.24, 2.45) is 0 Å². The number of nitrogens with zero attached hydrogens (tertiary/aromatic N) is 4. The summed E-state index contributed by atoms with van der Waals surface area (Å²) in [6.45, 7) is 3.48. The molecular formula is C19H16N4OS. The molecule has 0 aliphatic carbocycles. The fourth-order valence-electron chi connectivity index (χ4n) is 3.58. The van der Waals surface area contributed by atoms with Gasteiger partial charge in [-0.05, 0) is 37.3 Å². The average molecular weight is 348 g/mol. The minimum Gasteiger partial charge on any atom is -0.334 e. The molecule has 0 atom stereocenters. The zero-order valence-corrected chi connectivity index (χ0v) is 14.5. The highest BCUT2D eigenvalue weighted by Crippen LogP contribution is 2.29. The quantitative estimate of drug-likeness (QED) is 0.556. The lowest BCUT2D eigenvalue weighted by Gasteiger charge is -2.40. The lowest BCUT2D eigenvalue weighted by atomic mass is 10.1. The van der Waals surface area contributed by atoms with Gasteiger partial charge in [0.05, 0.1) is 32.8 Å². The predicted octanol–water partition coefficient (Wildman–Crippen LogP) is 3.65. The van der Waals surface area contributed by atoms with E-state index in [9.17, 15) is 4.79 Å². The van der Waals surface area contributed by atoms with Gasteiger partial charge in [0, 0.05) is 18.7 Å². The van der Waals surface area contributed by atoms with E-state index >= 15 is 0 Å². The fraction of sp³-hybridized carbons (Fsp3) is 0.211. The van der Waals surface area contributed by atoms with Crippen LogP contribution in [0, 0.1) is 6.92 Å². The van der Waals surface area contributed by atoms with E-state index in [2.05, 4.69) is 20.6 Å². The van der Waals surface area contributed by atoms with Crippen LogP contribution in [0.5, 0.6) is 0 Å². The van der Waals surface area contributed by atoms with Gasteiger partial charge in [0.1, 0.15) is 5.82 Å². The van der Waals surface area contributed by atoms with Crippen molar-refractivity contribution in [2.45, 2.75) is 13.0 Å². The summed E-state index contributed by atoms with van der Waals surface area (Å²) < 4.78 is 3.31. The molecule has 3 heterocycles. The van der Waals surface area contributed by atoms with Crippen molar-refractivity contribution in [2.75, 3.05) is 13.1 Å². The smallest absolute Gasteiger partial charge is 0.254 e. The first-order chi connectivity index (χ1) is 12.2. The molecule has 1 aliphatic heterocycles. The zero-order valence-electron chi connectivity index (χ0n) is 13.7. The molecule has 1 amide bonds. The van der Waals surface area contributed by atoms with Crippen LogP contribution in [0.1, 0.15) is 22.2 Å². The first-order valence-corrected chi connectivity index (χ1v) is 9.15. The minimum atomic E-state index is 0.0913. The number of thiazole rings is 1. The van der Waals surface area contributed by atoms with Gasteiger partial charge in [0.25, 0.3) is 5.91 Å². The number of rotatable bonds is 2. The number of fused-ring (bicyclic) bond motifs is 2. The normalized spacial score (nSPS) is 15.0. The number of carbonyl (C=O) groups excluding carboxylic acids is 1. The standard InChI is InChI=1S/C19H16N4OS/c1-12-21-15-4-2-3-5-17(15)23(12)14-9-22(10-14)19(24)13-6-7-16-18(8-13)25-11-20-16/h2-8,11,14H,9-10H2,1H3. The Morgan fingerprint density at radius 3 is 2.88 bits per heavy atom. The molecule has 0 bridgehead atoms. The number of aryl methyl sites for hydroxylation is 1. The Labute approximate surface area is 148 Å². The van der Waals surface area contributed by atoms with Crippen LogP contribution in [0.3, 0.4) is 0 Å². The summed E-state index contributed by atoms with van der Waals surface area (Å²) >= 11 is 1.56. The maximum atomic E-state index is 12.7. The monoisotopic (exact) mass is 348 g/mol. The summed E-state index contributed by atoms with van der Waals surface area (Å²) in [7, 11) is 0. The topological polar surface area (TPSA) is 51.0 Å². The maximum absolute atomic E-state index is 12.7. The second-order valence-corrected chi connectivity index (χ2v) is 7.30. The van der Waals surface area contributed by atoms with Crippen LogP contribution in [0.4, 0.5) is 0 Å². The minimum absolute atomic E-state index is 0.0913. The number of carbonyl (C=O) groups is 1. The van der Waals surface area contributed by atoms with Crippen molar-refractivity contribution in [1.29, 1.82) is 0 Å². The van der Waals surface area contributed by atoms with E-state index in [0.717, 1.165) is 45.7 Å². The Morgan fingerprint density at radius 2 is 2.00 bits per heavy atom. The summed E-state index contributed by atoms with van der Waals surface area (Å²) in [6, 6.07) is 14.2. The highest BCUT2D eigenvalue weighted by Gasteiger charge is 2.34. The molecule has 6 heteroatoms. The van der Waals surface area contributed by atoms with Gasteiger partial charge in [-0.2, -0.15) is 0 Å². The van der Waals surface area contributed by atoms with Crippen molar-refractivity contribution in [3.05, 3.63) is 59.4 Å². The Bertz CT molecular complexity index is 1110. The number of para-hydroxylation sites is 2. The summed E-state index contributed by atoms with van der Waals surface area (Å²) in [5, 5.41) is 0. The van der Waals surface area contributed by atoms with Crippen molar-refractivity contribution in [3.8, 4) is 0 Å². The second kappa shape index (κ2) is 5.39. The molecule has 0 spiro atoms. The van der Waals surface area contributed by atoms with Crippen molar-refractivity contribution < 1.29 is 4.79 Å². The number of hydrogen-bond donors (Lipinski definition) is 0. The lowest BCUT2D eigenvalue weighted by Crippen LogP contribution is -2.50. The molecule has 4 aromatic rings. The van der Waals surface area contributed by atoms with Crippen LogP contribution < -0.4 is 0 Å². The number of imidazole rings is 1. The first-order valence-electron chi connectivity index (χ1n) is 8.27. The Hall–Kier alpha value is -2.73. The van der Waals surface area contributed by atoms with Gasteiger partial charge in [-0.3, -0.25) is 4.79 Å². The molecule has 2 aromatic heterocycles. The van der Waals surface area contributed by atoms with Gasteiger partial charge in [-0.1, -0.05) is 12.1 Å². The van der Waals surface area contributed by atoms with Crippen molar-refractivity contribution in [3.63, 3.8) is 0 Å². The maximum Gasteiger partial charge on any atom is 0.254 e. The van der Waals surface area contributed by atoms with Gasteiger partial charge in [0.2, 0.25) is 0 Å². The van der Waals surface area contributed by atoms with Gasteiger partial charge >= 0.3 is 0 Å². The van der Waals surface area contributed by atoms with Crippen LogP contribution in [0.2, 0.25) is 0 Å². The fourth-order valence-corrected chi connectivity index (χ4v) is 4.30. The molecule has 1 aliphatic rings. The van der Waals surface area contributed by atoms with E-state index in [1.54, 1.807) is 11.3 Å². The molecule has 1 fully saturated rings. The van der Waals surface area contributed by atoms with Gasteiger partial charge < -0.3 is 9.47 Å². The molecule has 124 valence electrons. The molecule has 25 heavy (non-hydrogen) atoms. The summed E-state index contributed by atoms with van der Waals surface area (Å²) in [5.74, 6) is 1.10. The number of benzene rings is 2. The van der Waals surface area contributed by atoms with Crippen LogP contribution in [-0.4, -0.2) is 38.4 Å². The molecule has 0 unspecified atom stereocenters. The van der Waals surface area contributed by atoms with E-state index in [-0.39, 0.29) is 5.91 Å². The summed E-state index contributed by atoms with van der Waals surface area (Å²) in [4.78, 5) is 23.5. The summed E-state index contributed by atoms with van der Waals surface area (Å²) in [5.41, 5.74) is 5.65. The van der Waals surface area contributed by atoms with E-state index in [0.29, 0.717) is 6.04 Å². The largest absolute Gasteiger partial charge is 0.334 e. The van der Waals surface area contributed by atoms with E-state index in [1.165, 1.54) is 0 Å². The lowest BCUT2D eigenvalue weighted by molar-refractivity contribution is 0.0523. The Kier molecular flexibility index (Phi) is 3.15. The van der Waals surface area contributed by atoms with Gasteiger partial charge in [-0.15, -0.1) is 11.3 Å². The van der Waals surface area contributed by atoms with Crippen LogP contribution in [0.15, 0.2) is 48.0 Å². The number of aromatic nitrogens is 3. The molecule has 0 radical (unpaired) electrons. The van der Waals surface area contributed by atoms with Crippen molar-refractivity contribution >= 4 is 38.5 Å². The summed E-state index contributed by atoms with van der Waals surface area (Å²) in [6.07, 6.45) is 0. The SMILES string of the molecule is Cc1nc2ccccc2n1C1CN(C(=O)c2ccc3ncsc3c2)C1. The molecule has 1 saturated heterocycles. The third-order valence-electron chi connectivity index (χ3n) is 4.87. The van der Waals surface area contributed by atoms with Crippen LogP contribution in [0.25, 0.3) is 21.3 Å². The molecule has 5 rings (SSSR count). The molecule has 5 nitrogen and oxygen atoms in total. The number of amides is 1. The Balaban J connectivity index is 1.38. The number of likely N-dealkylation sites (tertiary alicyclic amines) is 1. The van der Waals surface area contributed by atoms with Crippen molar-refractivity contribution in [1.82, 2.24) is 19.4 Å². The number of hydrogen-bond acceptors (Lipinski definition) is 4. The third-order valence-corrected chi connectivity index (χ3v) is 5.66. The highest BCUT2D eigenvalue weighted by atomic mass is 32.1. The van der Waals surface area contributed by atoms with Gasteiger partial charge in [-0.25, -0.2) is 9.97 Å². The molecule has 0 N–H and O–H groups in total. The Morgan fingerprint density at radius 1 is 1.16 bits per heavy atom. The molecular weight excluding hydrogens is 332 g/mol.